The normalized spacial score (nSPS) is 12.5. The number of urea groups is 1. The first-order valence-corrected chi connectivity index (χ1v) is 10.0. The second kappa shape index (κ2) is 9.86. The molecule has 9 nitrogen and oxygen atoms in total. The van der Waals surface area contributed by atoms with Gasteiger partial charge in [-0.15, -0.1) is 0 Å². The van der Waals surface area contributed by atoms with Gasteiger partial charge in [-0.05, 0) is 35.7 Å². The molecule has 32 heavy (non-hydrogen) atoms. The number of imide groups is 2. The van der Waals surface area contributed by atoms with Crippen LogP contribution >= 0.6 is 0 Å². The largest absolute Gasteiger partial charge is 0.452 e. The number of nitrogens with zero attached hydrogens (tertiary/aromatic N) is 1. The molecule has 2 aromatic rings. The summed E-state index contributed by atoms with van der Waals surface area (Å²) in [5.41, 5.74) is 1.38. The molecule has 0 unspecified atom stereocenters. The first-order valence-electron chi connectivity index (χ1n) is 10.0. The summed E-state index contributed by atoms with van der Waals surface area (Å²) in [5, 5.41) is 4.59. The molecule has 3 rings (SSSR count). The number of carbonyl (C=O) groups is 5. The number of amides is 5. The van der Waals surface area contributed by atoms with Gasteiger partial charge in [0, 0.05) is 6.54 Å². The molecule has 1 heterocycles. The monoisotopic (exact) mass is 437 g/mol. The molecule has 0 bridgehead atoms. The number of nitrogens with one attached hydrogen (secondary N) is 2. The van der Waals surface area contributed by atoms with Crippen molar-refractivity contribution in [3.63, 3.8) is 0 Å². The molecular weight excluding hydrogens is 414 g/mol. The summed E-state index contributed by atoms with van der Waals surface area (Å²) in [7, 11) is 0. The summed E-state index contributed by atoms with van der Waals surface area (Å²) < 4.78 is 4.96. The summed E-state index contributed by atoms with van der Waals surface area (Å²) in [5.74, 6) is -2.10. The van der Waals surface area contributed by atoms with E-state index in [2.05, 4.69) is 10.6 Å². The van der Waals surface area contributed by atoms with Crippen molar-refractivity contribution in [1.82, 2.24) is 15.5 Å². The zero-order valence-electron chi connectivity index (χ0n) is 17.7. The number of ether oxygens (including phenoxy) is 1. The Kier molecular flexibility index (Phi) is 6.99. The molecular formula is C23H23N3O6. The maximum absolute atomic E-state index is 12.5. The molecule has 0 aliphatic carbocycles. The molecule has 2 aromatic carbocycles. The van der Waals surface area contributed by atoms with Crippen molar-refractivity contribution >= 4 is 29.7 Å². The lowest BCUT2D eigenvalue weighted by molar-refractivity contribution is -0.123. The van der Waals surface area contributed by atoms with Gasteiger partial charge in [-0.25, -0.2) is 9.59 Å². The van der Waals surface area contributed by atoms with Crippen molar-refractivity contribution in [3.8, 4) is 0 Å². The molecule has 0 spiro atoms. The topological polar surface area (TPSA) is 122 Å². The number of carbonyl (C=O) groups excluding carboxylic acids is 5. The van der Waals surface area contributed by atoms with Gasteiger partial charge < -0.3 is 10.1 Å². The summed E-state index contributed by atoms with van der Waals surface area (Å²) in [6, 6.07) is 12.1. The SMILES string of the molecule is CC(C)CNC(=O)NC(=O)COC(=O)c1cccc(CN2C(=O)c3ccccc3C2=O)c1. The average Bonchev–Trinajstić information content (AvgIpc) is 3.01. The molecule has 5 amide bonds. The van der Waals surface area contributed by atoms with Gasteiger partial charge in [0.1, 0.15) is 0 Å². The number of hydrogen-bond acceptors (Lipinski definition) is 6. The number of hydrogen-bond donors (Lipinski definition) is 2. The van der Waals surface area contributed by atoms with Crippen molar-refractivity contribution in [1.29, 1.82) is 0 Å². The van der Waals surface area contributed by atoms with E-state index >= 15 is 0 Å². The van der Waals surface area contributed by atoms with Crippen LogP contribution in [-0.4, -0.2) is 47.8 Å². The number of benzene rings is 2. The summed E-state index contributed by atoms with van der Waals surface area (Å²) in [4.78, 5) is 61.8. The van der Waals surface area contributed by atoms with Crippen molar-refractivity contribution < 1.29 is 28.7 Å². The van der Waals surface area contributed by atoms with Crippen LogP contribution in [0.2, 0.25) is 0 Å². The van der Waals surface area contributed by atoms with Crippen LogP contribution in [0.5, 0.6) is 0 Å². The standard InChI is InChI=1S/C23H23N3O6/c1-14(2)11-24-23(31)25-19(27)13-32-22(30)16-7-5-6-15(10-16)12-26-20(28)17-8-3-4-9-18(17)21(26)29/h3-10,14H,11-13H2,1-2H3,(H2,24,25,27,31). The van der Waals surface area contributed by atoms with E-state index in [9.17, 15) is 24.0 Å². The van der Waals surface area contributed by atoms with Crippen LogP contribution in [0, 0.1) is 5.92 Å². The molecule has 2 N–H and O–H groups in total. The average molecular weight is 437 g/mol. The van der Waals surface area contributed by atoms with E-state index < -0.39 is 36.3 Å². The fourth-order valence-corrected chi connectivity index (χ4v) is 3.08. The van der Waals surface area contributed by atoms with Crippen molar-refractivity contribution in [2.75, 3.05) is 13.2 Å². The van der Waals surface area contributed by atoms with Crippen LogP contribution in [0.4, 0.5) is 4.79 Å². The minimum atomic E-state index is -0.771. The Morgan fingerprint density at radius 1 is 0.969 bits per heavy atom. The van der Waals surface area contributed by atoms with E-state index in [1.807, 2.05) is 13.8 Å². The van der Waals surface area contributed by atoms with Gasteiger partial charge in [0.05, 0.1) is 23.2 Å². The number of fused-ring (bicyclic) bond motifs is 1. The molecule has 0 radical (unpaired) electrons. The molecule has 1 aliphatic rings. The fourth-order valence-electron chi connectivity index (χ4n) is 3.08. The Morgan fingerprint density at radius 3 is 2.25 bits per heavy atom. The predicted molar refractivity (Wildman–Crippen MR) is 114 cm³/mol. The van der Waals surface area contributed by atoms with Crippen molar-refractivity contribution in [2.24, 2.45) is 5.92 Å². The van der Waals surface area contributed by atoms with Gasteiger partial charge in [0.15, 0.2) is 6.61 Å². The zero-order chi connectivity index (χ0) is 23.3. The Morgan fingerprint density at radius 2 is 1.62 bits per heavy atom. The predicted octanol–water partition coefficient (Wildman–Crippen LogP) is 2.12. The van der Waals surface area contributed by atoms with Crippen LogP contribution in [0.15, 0.2) is 48.5 Å². The number of esters is 1. The second-order valence-electron chi connectivity index (χ2n) is 7.67. The minimum absolute atomic E-state index is 0.00995. The summed E-state index contributed by atoms with van der Waals surface area (Å²) in [6.07, 6.45) is 0. The highest BCUT2D eigenvalue weighted by molar-refractivity contribution is 6.21. The third-order valence-electron chi connectivity index (χ3n) is 4.64. The van der Waals surface area contributed by atoms with Gasteiger partial charge in [-0.3, -0.25) is 24.6 Å². The van der Waals surface area contributed by atoms with Crippen LogP contribution in [0.1, 0.15) is 50.5 Å². The summed E-state index contributed by atoms with van der Waals surface area (Å²) >= 11 is 0. The maximum Gasteiger partial charge on any atom is 0.338 e. The molecule has 9 heteroatoms. The zero-order valence-corrected chi connectivity index (χ0v) is 17.7. The molecule has 0 saturated carbocycles. The molecule has 0 saturated heterocycles. The lowest BCUT2D eigenvalue weighted by Crippen LogP contribution is -2.42. The highest BCUT2D eigenvalue weighted by Gasteiger charge is 2.35. The summed E-state index contributed by atoms with van der Waals surface area (Å²) in [6.45, 7) is 3.58. The van der Waals surface area contributed by atoms with Gasteiger partial charge in [-0.1, -0.05) is 38.1 Å². The molecule has 0 fully saturated rings. The second-order valence-corrected chi connectivity index (χ2v) is 7.67. The molecule has 166 valence electrons. The van der Waals surface area contributed by atoms with E-state index in [0.717, 1.165) is 4.90 Å². The first kappa shape index (κ1) is 22.7. The Bertz CT molecular complexity index is 1040. The quantitative estimate of drug-likeness (QED) is 0.505. The van der Waals surface area contributed by atoms with E-state index in [1.54, 1.807) is 36.4 Å². The van der Waals surface area contributed by atoms with Gasteiger partial charge in [-0.2, -0.15) is 0 Å². The molecule has 0 atom stereocenters. The Labute approximate surface area is 184 Å². The van der Waals surface area contributed by atoms with Gasteiger partial charge in [0.2, 0.25) is 0 Å². The Balaban J connectivity index is 1.56. The third-order valence-corrected chi connectivity index (χ3v) is 4.64. The van der Waals surface area contributed by atoms with E-state index in [1.165, 1.54) is 12.1 Å². The lowest BCUT2D eigenvalue weighted by Gasteiger charge is -2.14. The van der Waals surface area contributed by atoms with Crippen LogP contribution < -0.4 is 10.6 Å². The smallest absolute Gasteiger partial charge is 0.338 e. The van der Waals surface area contributed by atoms with E-state index in [0.29, 0.717) is 23.2 Å². The van der Waals surface area contributed by atoms with Crippen molar-refractivity contribution in [3.05, 3.63) is 70.8 Å². The van der Waals surface area contributed by atoms with Crippen LogP contribution in [-0.2, 0) is 16.1 Å². The maximum atomic E-state index is 12.5. The minimum Gasteiger partial charge on any atom is -0.452 e. The molecule has 1 aliphatic heterocycles. The van der Waals surface area contributed by atoms with E-state index in [-0.39, 0.29) is 18.0 Å². The highest BCUT2D eigenvalue weighted by Crippen LogP contribution is 2.24. The highest BCUT2D eigenvalue weighted by atomic mass is 16.5. The molecule has 0 aromatic heterocycles. The first-order chi connectivity index (χ1) is 15.3. The van der Waals surface area contributed by atoms with Crippen LogP contribution in [0.25, 0.3) is 0 Å². The van der Waals surface area contributed by atoms with Gasteiger partial charge >= 0.3 is 12.0 Å². The fraction of sp³-hybridized carbons (Fsp3) is 0.261. The van der Waals surface area contributed by atoms with Gasteiger partial charge in [0.25, 0.3) is 17.7 Å². The lowest BCUT2D eigenvalue weighted by atomic mass is 10.1. The van der Waals surface area contributed by atoms with Crippen molar-refractivity contribution in [2.45, 2.75) is 20.4 Å². The van der Waals surface area contributed by atoms with E-state index in [4.69, 9.17) is 4.74 Å². The number of rotatable bonds is 7. The third kappa shape index (κ3) is 5.37. The van der Waals surface area contributed by atoms with Crippen LogP contribution in [0.3, 0.4) is 0 Å². The Hall–Kier alpha value is -4.01.